The van der Waals surface area contributed by atoms with Gasteiger partial charge in [0.25, 0.3) is 0 Å². The Morgan fingerprint density at radius 2 is 2.16 bits per heavy atom. The highest BCUT2D eigenvalue weighted by Crippen LogP contribution is 2.23. The molecule has 0 aromatic heterocycles. The molecule has 0 spiro atoms. The zero-order valence-electron chi connectivity index (χ0n) is 15.2. The molecular formula is C19H30IN3O2. The predicted octanol–water partition coefficient (Wildman–Crippen LogP) is 3.39. The SMILES string of the molecule is CCNC(=NCc1ccc(C)cc1OCC1CCCO1)NC1CC1.I. The number of nitrogens with zero attached hydrogens (tertiary/aromatic N) is 1. The second-order valence-corrected chi connectivity index (χ2v) is 6.67. The van der Waals surface area contributed by atoms with Crippen LogP contribution in [-0.4, -0.2) is 37.9 Å². The van der Waals surface area contributed by atoms with E-state index in [-0.39, 0.29) is 30.1 Å². The first-order chi connectivity index (χ1) is 11.7. The van der Waals surface area contributed by atoms with Crippen LogP contribution in [-0.2, 0) is 11.3 Å². The standard InChI is InChI=1S/C19H29N3O2.HI/c1-3-20-19(22-16-8-9-16)21-12-15-7-6-14(2)11-18(15)24-13-17-5-4-10-23-17;/h6-7,11,16-17H,3-5,8-10,12-13H2,1-2H3,(H2,20,21,22);1H. The van der Waals surface area contributed by atoms with Gasteiger partial charge in [0, 0.05) is 24.8 Å². The zero-order chi connectivity index (χ0) is 16.8. The zero-order valence-corrected chi connectivity index (χ0v) is 17.5. The van der Waals surface area contributed by atoms with E-state index in [4.69, 9.17) is 14.5 Å². The minimum absolute atomic E-state index is 0. The molecule has 2 aliphatic rings. The molecule has 0 bridgehead atoms. The molecule has 2 N–H and O–H groups in total. The average Bonchev–Trinajstić information content (AvgIpc) is 3.23. The highest BCUT2D eigenvalue weighted by molar-refractivity contribution is 14.0. The first-order valence-electron chi connectivity index (χ1n) is 9.13. The Balaban J connectivity index is 0.00000225. The van der Waals surface area contributed by atoms with E-state index in [1.54, 1.807) is 0 Å². The highest BCUT2D eigenvalue weighted by Gasteiger charge is 2.22. The van der Waals surface area contributed by atoms with Gasteiger partial charge in [0.15, 0.2) is 5.96 Å². The van der Waals surface area contributed by atoms with E-state index >= 15 is 0 Å². The van der Waals surface area contributed by atoms with Gasteiger partial charge in [-0.05, 0) is 51.2 Å². The molecule has 140 valence electrons. The molecule has 1 aromatic rings. The number of hydrogen-bond donors (Lipinski definition) is 2. The first kappa shape index (κ1) is 20.3. The Morgan fingerprint density at radius 3 is 2.84 bits per heavy atom. The molecule has 25 heavy (non-hydrogen) atoms. The van der Waals surface area contributed by atoms with Crippen LogP contribution in [0.2, 0.25) is 0 Å². The minimum Gasteiger partial charge on any atom is -0.491 e. The highest BCUT2D eigenvalue weighted by atomic mass is 127. The van der Waals surface area contributed by atoms with Gasteiger partial charge in [-0.3, -0.25) is 0 Å². The Kier molecular flexibility index (Phi) is 8.29. The lowest BCUT2D eigenvalue weighted by molar-refractivity contribution is 0.0676. The number of aliphatic imine (C=N–C) groups is 1. The van der Waals surface area contributed by atoms with Gasteiger partial charge in [0.2, 0.25) is 0 Å². The third-order valence-electron chi connectivity index (χ3n) is 4.34. The smallest absolute Gasteiger partial charge is 0.191 e. The van der Waals surface area contributed by atoms with E-state index in [1.165, 1.54) is 18.4 Å². The molecule has 1 atom stereocenters. The van der Waals surface area contributed by atoms with Gasteiger partial charge in [-0.15, -0.1) is 24.0 Å². The van der Waals surface area contributed by atoms with Gasteiger partial charge < -0.3 is 20.1 Å². The molecule has 1 aliphatic carbocycles. The summed E-state index contributed by atoms with van der Waals surface area (Å²) in [6.45, 7) is 7.15. The van der Waals surface area contributed by atoms with Crippen molar-refractivity contribution in [2.24, 2.45) is 4.99 Å². The summed E-state index contributed by atoms with van der Waals surface area (Å²) in [5.41, 5.74) is 2.32. The number of rotatable bonds is 7. The molecule has 1 heterocycles. The van der Waals surface area contributed by atoms with Crippen molar-refractivity contribution >= 4 is 29.9 Å². The summed E-state index contributed by atoms with van der Waals surface area (Å²) < 4.78 is 11.7. The third-order valence-corrected chi connectivity index (χ3v) is 4.34. The summed E-state index contributed by atoms with van der Waals surface area (Å²) in [4.78, 5) is 4.72. The van der Waals surface area contributed by atoms with Gasteiger partial charge in [-0.1, -0.05) is 12.1 Å². The second-order valence-electron chi connectivity index (χ2n) is 6.67. The summed E-state index contributed by atoms with van der Waals surface area (Å²) >= 11 is 0. The lowest BCUT2D eigenvalue weighted by Crippen LogP contribution is -2.38. The maximum atomic E-state index is 6.05. The average molecular weight is 459 g/mol. The van der Waals surface area contributed by atoms with Crippen molar-refractivity contribution in [2.45, 2.75) is 58.2 Å². The van der Waals surface area contributed by atoms with Crippen molar-refractivity contribution in [3.63, 3.8) is 0 Å². The van der Waals surface area contributed by atoms with E-state index in [0.29, 0.717) is 19.2 Å². The molecule has 1 saturated carbocycles. The van der Waals surface area contributed by atoms with E-state index in [1.807, 2.05) is 0 Å². The van der Waals surface area contributed by atoms with Gasteiger partial charge >= 0.3 is 0 Å². The lowest BCUT2D eigenvalue weighted by Gasteiger charge is -2.15. The van der Waals surface area contributed by atoms with Gasteiger partial charge in [0.05, 0.1) is 12.6 Å². The van der Waals surface area contributed by atoms with Gasteiger partial charge in [0.1, 0.15) is 12.4 Å². The van der Waals surface area contributed by atoms with Crippen LogP contribution in [0, 0.1) is 6.92 Å². The number of aryl methyl sites for hydroxylation is 1. The molecule has 0 amide bonds. The van der Waals surface area contributed by atoms with Crippen molar-refractivity contribution in [3.05, 3.63) is 29.3 Å². The van der Waals surface area contributed by atoms with Crippen molar-refractivity contribution in [2.75, 3.05) is 19.8 Å². The molecule has 1 unspecified atom stereocenters. The lowest BCUT2D eigenvalue weighted by atomic mass is 10.1. The molecule has 5 nitrogen and oxygen atoms in total. The molecule has 6 heteroatoms. The van der Waals surface area contributed by atoms with Crippen LogP contribution in [0.5, 0.6) is 5.75 Å². The fraction of sp³-hybridized carbons (Fsp3) is 0.632. The number of ether oxygens (including phenoxy) is 2. The topological polar surface area (TPSA) is 54.9 Å². The summed E-state index contributed by atoms with van der Waals surface area (Å²) in [6.07, 6.45) is 4.94. The van der Waals surface area contributed by atoms with E-state index < -0.39 is 0 Å². The number of halogens is 1. The molecule has 1 aliphatic heterocycles. The summed E-state index contributed by atoms with van der Waals surface area (Å²) in [5.74, 6) is 1.82. The molecular weight excluding hydrogens is 429 g/mol. The fourth-order valence-electron chi connectivity index (χ4n) is 2.79. The van der Waals surface area contributed by atoms with E-state index in [0.717, 1.165) is 43.3 Å². The van der Waals surface area contributed by atoms with Crippen LogP contribution in [0.4, 0.5) is 0 Å². The normalized spacial score (nSPS) is 20.1. The summed E-state index contributed by atoms with van der Waals surface area (Å²) in [5, 5.41) is 6.76. The second kappa shape index (κ2) is 10.2. The number of nitrogens with one attached hydrogen (secondary N) is 2. The molecule has 1 aromatic carbocycles. The number of hydrogen-bond acceptors (Lipinski definition) is 3. The predicted molar refractivity (Wildman–Crippen MR) is 112 cm³/mol. The van der Waals surface area contributed by atoms with Crippen LogP contribution < -0.4 is 15.4 Å². The Labute approximate surface area is 168 Å². The number of benzene rings is 1. The van der Waals surface area contributed by atoms with Crippen molar-refractivity contribution in [1.29, 1.82) is 0 Å². The molecule has 1 saturated heterocycles. The van der Waals surface area contributed by atoms with E-state index in [2.05, 4.69) is 42.7 Å². The Hall–Kier alpha value is -1.02. The fourth-order valence-corrected chi connectivity index (χ4v) is 2.79. The van der Waals surface area contributed by atoms with Crippen LogP contribution in [0.3, 0.4) is 0 Å². The van der Waals surface area contributed by atoms with Gasteiger partial charge in [-0.25, -0.2) is 4.99 Å². The van der Waals surface area contributed by atoms with Crippen LogP contribution in [0.1, 0.15) is 43.7 Å². The molecule has 3 rings (SSSR count). The Bertz CT molecular complexity index is 570. The van der Waals surface area contributed by atoms with Crippen molar-refractivity contribution < 1.29 is 9.47 Å². The van der Waals surface area contributed by atoms with Crippen molar-refractivity contribution in [3.8, 4) is 5.75 Å². The van der Waals surface area contributed by atoms with Crippen molar-refractivity contribution in [1.82, 2.24) is 10.6 Å². The largest absolute Gasteiger partial charge is 0.491 e. The monoisotopic (exact) mass is 459 g/mol. The number of guanidine groups is 1. The van der Waals surface area contributed by atoms with Crippen LogP contribution in [0.25, 0.3) is 0 Å². The minimum atomic E-state index is 0. The molecule has 2 fully saturated rings. The quantitative estimate of drug-likeness (QED) is 0.373. The first-order valence-corrected chi connectivity index (χ1v) is 9.13. The van der Waals surface area contributed by atoms with Crippen LogP contribution >= 0.6 is 24.0 Å². The Morgan fingerprint density at radius 1 is 1.32 bits per heavy atom. The maximum absolute atomic E-state index is 6.05. The summed E-state index contributed by atoms with van der Waals surface area (Å²) in [6, 6.07) is 6.92. The van der Waals surface area contributed by atoms with Crippen LogP contribution in [0.15, 0.2) is 23.2 Å². The van der Waals surface area contributed by atoms with E-state index in [9.17, 15) is 0 Å². The molecule has 0 radical (unpaired) electrons. The maximum Gasteiger partial charge on any atom is 0.191 e. The van der Waals surface area contributed by atoms with Gasteiger partial charge in [-0.2, -0.15) is 0 Å². The summed E-state index contributed by atoms with van der Waals surface area (Å²) in [7, 11) is 0. The third kappa shape index (κ3) is 6.66.